The summed E-state index contributed by atoms with van der Waals surface area (Å²) in [6, 6.07) is 1.45. The molecule has 142 valence electrons. The largest absolute Gasteiger partial charge is 0.507 e. The summed E-state index contributed by atoms with van der Waals surface area (Å²) in [6.07, 6.45) is 5.24. The smallest absolute Gasteiger partial charge is 0.339 e. The van der Waals surface area contributed by atoms with E-state index in [9.17, 15) is 20.1 Å². The lowest BCUT2D eigenvalue weighted by Crippen LogP contribution is -2.18. The Morgan fingerprint density at radius 3 is 2.58 bits per heavy atom. The number of aliphatic hydroxyl groups is 1. The van der Waals surface area contributed by atoms with Crippen LogP contribution in [-0.4, -0.2) is 33.0 Å². The Balaban J connectivity index is 2.58. The fourth-order valence-electron chi connectivity index (χ4n) is 3.82. The zero-order chi connectivity index (χ0) is 19.4. The second-order valence-corrected chi connectivity index (χ2v) is 7.21. The normalized spacial score (nSPS) is 19.9. The molecule has 0 fully saturated rings. The standard InChI is InChI=1S/C21H28O5/c1-12(2)15-8-7-13(3)10-16(15)19-17(23)11-14(6-4-5-9-22)18(20(19)24)21(25)26/h10-11,15-16,22-24H,1,4-9H2,2-3H3,(H,25,26)/t15-,16+/m0/s1. The minimum Gasteiger partial charge on any atom is -0.507 e. The van der Waals surface area contributed by atoms with E-state index in [0.29, 0.717) is 24.8 Å². The number of phenols is 2. The van der Waals surface area contributed by atoms with E-state index < -0.39 is 5.97 Å². The number of hydrogen-bond acceptors (Lipinski definition) is 4. The summed E-state index contributed by atoms with van der Waals surface area (Å²) >= 11 is 0. The number of phenolic OH excluding ortho intramolecular Hbond substituents is 1. The average Bonchev–Trinajstić information content (AvgIpc) is 2.54. The van der Waals surface area contributed by atoms with Crippen LogP contribution in [0.2, 0.25) is 0 Å². The van der Waals surface area contributed by atoms with Crippen LogP contribution in [0.15, 0.2) is 29.9 Å². The van der Waals surface area contributed by atoms with Crippen molar-refractivity contribution in [2.45, 2.75) is 51.9 Å². The summed E-state index contributed by atoms with van der Waals surface area (Å²) in [5.41, 5.74) is 2.58. The molecule has 0 bridgehead atoms. The first-order chi connectivity index (χ1) is 12.3. The molecule has 0 radical (unpaired) electrons. The molecule has 0 heterocycles. The number of carboxylic acids is 1. The highest BCUT2D eigenvalue weighted by molar-refractivity contribution is 5.94. The molecule has 4 N–H and O–H groups in total. The van der Waals surface area contributed by atoms with Gasteiger partial charge in [-0.15, -0.1) is 0 Å². The van der Waals surface area contributed by atoms with Crippen LogP contribution >= 0.6 is 0 Å². The van der Waals surface area contributed by atoms with Gasteiger partial charge >= 0.3 is 5.97 Å². The highest BCUT2D eigenvalue weighted by Gasteiger charge is 2.32. The Labute approximate surface area is 154 Å². The molecule has 2 atom stereocenters. The summed E-state index contributed by atoms with van der Waals surface area (Å²) in [7, 11) is 0. The van der Waals surface area contributed by atoms with Crippen molar-refractivity contribution in [1.29, 1.82) is 0 Å². The van der Waals surface area contributed by atoms with Crippen LogP contribution in [0.5, 0.6) is 11.5 Å². The molecule has 0 spiro atoms. The van der Waals surface area contributed by atoms with Gasteiger partial charge in [0, 0.05) is 18.1 Å². The van der Waals surface area contributed by atoms with Crippen molar-refractivity contribution in [1.82, 2.24) is 0 Å². The second-order valence-electron chi connectivity index (χ2n) is 7.21. The molecule has 0 amide bonds. The predicted molar refractivity (Wildman–Crippen MR) is 101 cm³/mol. The number of rotatable bonds is 7. The SMILES string of the molecule is C=C(C)[C@@H]1CCC(C)=C[C@H]1c1c(O)cc(CCCCO)c(C(=O)O)c1O. The highest BCUT2D eigenvalue weighted by Crippen LogP contribution is 2.48. The molecule has 1 aromatic carbocycles. The van der Waals surface area contributed by atoms with Crippen LogP contribution in [0.4, 0.5) is 0 Å². The van der Waals surface area contributed by atoms with Crippen LogP contribution in [-0.2, 0) is 6.42 Å². The number of unbranched alkanes of at least 4 members (excludes halogenated alkanes) is 1. The number of aromatic hydroxyl groups is 2. The van der Waals surface area contributed by atoms with Crippen molar-refractivity contribution < 1.29 is 25.2 Å². The molecule has 1 aliphatic rings. The fourth-order valence-corrected chi connectivity index (χ4v) is 3.82. The van der Waals surface area contributed by atoms with E-state index in [-0.39, 0.29) is 41.1 Å². The molecule has 26 heavy (non-hydrogen) atoms. The first kappa shape index (κ1) is 20.0. The lowest BCUT2D eigenvalue weighted by Gasteiger charge is -2.32. The molecule has 5 nitrogen and oxygen atoms in total. The molecule has 0 aliphatic heterocycles. The van der Waals surface area contributed by atoms with Crippen molar-refractivity contribution in [3.8, 4) is 11.5 Å². The third kappa shape index (κ3) is 4.10. The van der Waals surface area contributed by atoms with E-state index in [4.69, 9.17) is 5.11 Å². The number of allylic oxidation sites excluding steroid dienone is 3. The lowest BCUT2D eigenvalue weighted by atomic mass is 9.73. The number of carbonyl (C=O) groups is 1. The molecular weight excluding hydrogens is 332 g/mol. The van der Waals surface area contributed by atoms with Gasteiger partial charge in [-0.05, 0) is 63.5 Å². The summed E-state index contributed by atoms with van der Waals surface area (Å²) in [5, 5.41) is 39.9. The maximum atomic E-state index is 11.8. The Kier molecular flexibility index (Phi) is 6.48. The lowest BCUT2D eigenvalue weighted by molar-refractivity contribution is 0.0692. The Hall–Kier alpha value is -2.27. The van der Waals surface area contributed by atoms with E-state index >= 15 is 0 Å². The maximum Gasteiger partial charge on any atom is 0.339 e. The third-order valence-electron chi connectivity index (χ3n) is 5.18. The molecule has 1 aliphatic carbocycles. The van der Waals surface area contributed by atoms with Gasteiger partial charge in [0.25, 0.3) is 0 Å². The zero-order valence-electron chi connectivity index (χ0n) is 15.5. The Bertz CT molecular complexity index is 732. The number of carboxylic acid groups (broad SMARTS) is 1. The van der Waals surface area contributed by atoms with Gasteiger partial charge in [0.1, 0.15) is 17.1 Å². The predicted octanol–water partition coefficient (Wildman–Crippen LogP) is 4.13. The highest BCUT2D eigenvalue weighted by atomic mass is 16.4. The molecule has 0 aromatic heterocycles. The van der Waals surface area contributed by atoms with E-state index in [0.717, 1.165) is 24.0 Å². The van der Waals surface area contributed by atoms with E-state index in [2.05, 4.69) is 6.58 Å². The van der Waals surface area contributed by atoms with Gasteiger partial charge in [-0.1, -0.05) is 23.8 Å². The first-order valence-corrected chi connectivity index (χ1v) is 9.02. The van der Waals surface area contributed by atoms with Crippen molar-refractivity contribution in [2.24, 2.45) is 5.92 Å². The summed E-state index contributed by atoms with van der Waals surface area (Å²) in [6.45, 7) is 7.97. The number of hydrogen-bond donors (Lipinski definition) is 4. The minimum absolute atomic E-state index is 0.0187. The summed E-state index contributed by atoms with van der Waals surface area (Å²) in [5.74, 6) is -1.93. The number of aliphatic hydroxyl groups excluding tert-OH is 1. The monoisotopic (exact) mass is 360 g/mol. The fraction of sp³-hybridized carbons (Fsp3) is 0.476. The van der Waals surface area contributed by atoms with Crippen molar-refractivity contribution in [3.63, 3.8) is 0 Å². The third-order valence-corrected chi connectivity index (χ3v) is 5.18. The minimum atomic E-state index is -1.22. The molecule has 0 saturated carbocycles. The van der Waals surface area contributed by atoms with Crippen molar-refractivity contribution in [2.75, 3.05) is 6.61 Å². The summed E-state index contributed by atoms with van der Waals surface area (Å²) in [4.78, 5) is 11.8. The van der Waals surface area contributed by atoms with Gasteiger partial charge in [-0.3, -0.25) is 0 Å². The van der Waals surface area contributed by atoms with Gasteiger partial charge in [0.2, 0.25) is 0 Å². The first-order valence-electron chi connectivity index (χ1n) is 9.02. The van der Waals surface area contributed by atoms with E-state index in [1.807, 2.05) is 19.9 Å². The van der Waals surface area contributed by atoms with Gasteiger partial charge in [0.05, 0.1) is 0 Å². The van der Waals surface area contributed by atoms with Gasteiger partial charge < -0.3 is 20.4 Å². The quantitative estimate of drug-likeness (QED) is 0.433. The van der Waals surface area contributed by atoms with E-state index in [1.54, 1.807) is 0 Å². The van der Waals surface area contributed by atoms with Crippen LogP contribution in [0.1, 0.15) is 66.9 Å². The van der Waals surface area contributed by atoms with Crippen LogP contribution in [0, 0.1) is 5.92 Å². The van der Waals surface area contributed by atoms with Gasteiger partial charge in [0.15, 0.2) is 0 Å². The van der Waals surface area contributed by atoms with E-state index in [1.165, 1.54) is 6.07 Å². The number of aryl methyl sites for hydroxylation is 1. The van der Waals surface area contributed by atoms with Crippen LogP contribution in [0.25, 0.3) is 0 Å². The van der Waals surface area contributed by atoms with Crippen molar-refractivity contribution in [3.05, 3.63) is 46.6 Å². The maximum absolute atomic E-state index is 11.8. The Morgan fingerprint density at radius 1 is 1.31 bits per heavy atom. The molecule has 5 heteroatoms. The topological polar surface area (TPSA) is 98.0 Å². The number of benzene rings is 1. The molecular formula is C21H28O5. The molecule has 0 saturated heterocycles. The van der Waals surface area contributed by atoms with Gasteiger partial charge in [-0.2, -0.15) is 0 Å². The molecule has 1 aromatic rings. The Morgan fingerprint density at radius 2 is 2.00 bits per heavy atom. The van der Waals surface area contributed by atoms with Crippen LogP contribution < -0.4 is 0 Å². The van der Waals surface area contributed by atoms with Gasteiger partial charge in [-0.25, -0.2) is 4.79 Å². The number of aromatic carboxylic acids is 1. The molecule has 0 unspecified atom stereocenters. The molecule has 2 rings (SSSR count). The zero-order valence-corrected chi connectivity index (χ0v) is 15.5. The second kappa shape index (κ2) is 8.41. The average molecular weight is 360 g/mol. The van der Waals surface area contributed by atoms with Crippen molar-refractivity contribution >= 4 is 5.97 Å². The van der Waals surface area contributed by atoms with Crippen LogP contribution in [0.3, 0.4) is 0 Å². The summed E-state index contributed by atoms with van der Waals surface area (Å²) < 4.78 is 0.